The molecule has 1 atom stereocenters. The number of nitrogens with zero attached hydrogens (tertiary/aromatic N) is 1. The summed E-state index contributed by atoms with van der Waals surface area (Å²) in [6, 6.07) is 7.86. The Bertz CT molecular complexity index is 331. The third kappa shape index (κ3) is 1.56. The minimum atomic E-state index is 0.0283. The van der Waals surface area contributed by atoms with Crippen LogP contribution in [0.15, 0.2) is 29.3 Å². The van der Waals surface area contributed by atoms with E-state index in [4.69, 9.17) is 16.2 Å². The first-order valence-corrected chi connectivity index (χ1v) is 4.07. The van der Waals surface area contributed by atoms with Gasteiger partial charge < -0.3 is 16.2 Å². The highest BCUT2D eigenvalue weighted by atomic mass is 16.5. The molecule has 1 aromatic carbocycles. The van der Waals surface area contributed by atoms with Gasteiger partial charge in [0.05, 0.1) is 0 Å². The van der Waals surface area contributed by atoms with Crippen LogP contribution >= 0.6 is 0 Å². The quantitative estimate of drug-likeness (QED) is 0.619. The molecule has 0 saturated heterocycles. The summed E-state index contributed by atoms with van der Waals surface area (Å²) in [5.74, 6) is 0. The van der Waals surface area contributed by atoms with Crippen LogP contribution in [0.3, 0.4) is 0 Å². The van der Waals surface area contributed by atoms with Gasteiger partial charge in [-0.2, -0.15) is 0 Å². The summed E-state index contributed by atoms with van der Waals surface area (Å²) < 4.78 is 5.05. The van der Waals surface area contributed by atoms with E-state index < -0.39 is 0 Å². The summed E-state index contributed by atoms with van der Waals surface area (Å²) in [5.41, 5.74) is 12.8. The van der Waals surface area contributed by atoms with Gasteiger partial charge in [0.15, 0.2) is 0 Å². The Morgan fingerprint density at radius 2 is 1.92 bits per heavy atom. The lowest BCUT2D eigenvalue weighted by Crippen LogP contribution is -2.10. The first-order valence-electron chi connectivity index (χ1n) is 4.07. The van der Waals surface area contributed by atoms with Crippen LogP contribution < -0.4 is 11.5 Å². The molecule has 0 spiro atoms. The van der Waals surface area contributed by atoms with E-state index in [0.29, 0.717) is 6.61 Å². The van der Waals surface area contributed by atoms with Crippen molar-refractivity contribution in [3.63, 3.8) is 0 Å². The molecule has 0 amide bonds. The van der Waals surface area contributed by atoms with Crippen molar-refractivity contribution in [1.29, 1.82) is 0 Å². The minimum absolute atomic E-state index is 0.0283. The smallest absolute Gasteiger partial charge is 0.282 e. The second kappa shape index (κ2) is 2.97. The number of anilines is 1. The van der Waals surface area contributed by atoms with Crippen molar-refractivity contribution < 1.29 is 4.74 Å². The zero-order valence-corrected chi connectivity index (χ0v) is 7.10. The van der Waals surface area contributed by atoms with E-state index in [1.165, 1.54) is 0 Å². The minimum Gasteiger partial charge on any atom is -0.463 e. The molecular weight excluding hydrogens is 166 g/mol. The number of nitrogen functional groups attached to an aromatic ring is 1. The number of hydrogen-bond acceptors (Lipinski definition) is 4. The fourth-order valence-electron chi connectivity index (χ4n) is 1.28. The molecule has 0 radical (unpaired) electrons. The Balaban J connectivity index is 2.22. The molecule has 4 N–H and O–H groups in total. The van der Waals surface area contributed by atoms with Crippen molar-refractivity contribution in [3.05, 3.63) is 29.8 Å². The molecule has 68 valence electrons. The Hall–Kier alpha value is -1.71. The van der Waals surface area contributed by atoms with Gasteiger partial charge in [0.25, 0.3) is 6.02 Å². The summed E-state index contributed by atoms with van der Waals surface area (Å²) >= 11 is 0. The lowest BCUT2D eigenvalue weighted by atomic mass is 10.1. The molecule has 1 aromatic rings. The molecule has 1 unspecified atom stereocenters. The highest BCUT2D eigenvalue weighted by Gasteiger charge is 2.17. The first kappa shape index (κ1) is 7.91. The number of nitrogens with two attached hydrogens (primary N) is 2. The SMILES string of the molecule is NC1=NC(c2ccc(N)cc2)CO1. The zero-order valence-electron chi connectivity index (χ0n) is 7.10. The number of rotatable bonds is 1. The molecule has 0 fully saturated rings. The lowest BCUT2D eigenvalue weighted by molar-refractivity contribution is 0.315. The third-order valence-corrected chi connectivity index (χ3v) is 1.99. The van der Waals surface area contributed by atoms with E-state index in [2.05, 4.69) is 4.99 Å². The van der Waals surface area contributed by atoms with Gasteiger partial charge in [0.2, 0.25) is 0 Å². The molecule has 1 heterocycles. The van der Waals surface area contributed by atoms with Gasteiger partial charge in [-0.25, -0.2) is 4.99 Å². The van der Waals surface area contributed by atoms with Crippen LogP contribution in [-0.2, 0) is 4.74 Å². The summed E-state index contributed by atoms with van der Waals surface area (Å²) in [5, 5.41) is 0. The van der Waals surface area contributed by atoms with Crippen LogP contribution in [0.2, 0.25) is 0 Å². The molecule has 13 heavy (non-hydrogen) atoms. The van der Waals surface area contributed by atoms with Gasteiger partial charge in [-0.05, 0) is 17.7 Å². The zero-order chi connectivity index (χ0) is 9.26. The maximum Gasteiger partial charge on any atom is 0.282 e. The molecule has 0 aliphatic carbocycles. The molecule has 4 heteroatoms. The average molecular weight is 177 g/mol. The highest BCUT2D eigenvalue weighted by molar-refractivity contribution is 5.73. The maximum atomic E-state index is 5.56. The standard InChI is InChI=1S/C9H11N3O/c10-7-3-1-6(2-4-7)8-5-13-9(11)12-8/h1-4,8H,5,10H2,(H2,11,12). The van der Waals surface area contributed by atoms with E-state index in [0.717, 1.165) is 11.3 Å². The monoisotopic (exact) mass is 177 g/mol. The van der Waals surface area contributed by atoms with E-state index in [9.17, 15) is 0 Å². The fourth-order valence-corrected chi connectivity index (χ4v) is 1.28. The van der Waals surface area contributed by atoms with Crippen molar-refractivity contribution >= 4 is 11.7 Å². The highest BCUT2D eigenvalue weighted by Crippen LogP contribution is 2.22. The Labute approximate surface area is 76.2 Å². The van der Waals surface area contributed by atoms with Gasteiger partial charge in [-0.1, -0.05) is 12.1 Å². The third-order valence-electron chi connectivity index (χ3n) is 1.99. The molecule has 2 rings (SSSR count). The van der Waals surface area contributed by atoms with E-state index in [1.807, 2.05) is 24.3 Å². The van der Waals surface area contributed by atoms with Crippen molar-refractivity contribution in [2.45, 2.75) is 6.04 Å². The lowest BCUT2D eigenvalue weighted by Gasteiger charge is -2.04. The second-order valence-electron chi connectivity index (χ2n) is 2.96. The largest absolute Gasteiger partial charge is 0.463 e. The first-order chi connectivity index (χ1) is 6.25. The molecule has 0 saturated carbocycles. The summed E-state index contributed by atoms with van der Waals surface area (Å²) in [4.78, 5) is 4.12. The summed E-state index contributed by atoms with van der Waals surface area (Å²) in [7, 11) is 0. The van der Waals surface area contributed by atoms with Crippen LogP contribution in [0.25, 0.3) is 0 Å². The van der Waals surface area contributed by atoms with Crippen LogP contribution in [0.5, 0.6) is 0 Å². The van der Waals surface area contributed by atoms with E-state index in [-0.39, 0.29) is 12.1 Å². The molecule has 0 bridgehead atoms. The fraction of sp³-hybridized carbons (Fsp3) is 0.222. The number of benzene rings is 1. The normalized spacial score (nSPS) is 20.9. The van der Waals surface area contributed by atoms with Gasteiger partial charge in [-0.15, -0.1) is 0 Å². The molecule has 1 aliphatic rings. The summed E-state index contributed by atoms with van der Waals surface area (Å²) in [6.07, 6.45) is 0. The summed E-state index contributed by atoms with van der Waals surface area (Å²) in [6.45, 7) is 0.524. The van der Waals surface area contributed by atoms with E-state index in [1.54, 1.807) is 0 Å². The molecule has 0 aromatic heterocycles. The van der Waals surface area contributed by atoms with Crippen molar-refractivity contribution in [2.75, 3.05) is 12.3 Å². The molecule has 1 aliphatic heterocycles. The predicted molar refractivity (Wildman–Crippen MR) is 51.2 cm³/mol. The topological polar surface area (TPSA) is 73.6 Å². The van der Waals surface area contributed by atoms with Crippen LogP contribution in [0, 0.1) is 0 Å². The number of ether oxygens (including phenoxy) is 1. The van der Waals surface area contributed by atoms with Crippen LogP contribution in [0.1, 0.15) is 11.6 Å². The van der Waals surface area contributed by atoms with Crippen molar-refractivity contribution in [3.8, 4) is 0 Å². The number of amidine groups is 1. The molecular formula is C9H11N3O. The predicted octanol–water partition coefficient (Wildman–Crippen LogP) is 0.655. The van der Waals surface area contributed by atoms with Crippen LogP contribution in [-0.4, -0.2) is 12.6 Å². The van der Waals surface area contributed by atoms with Crippen molar-refractivity contribution in [2.24, 2.45) is 10.7 Å². The number of aliphatic imine (C=N–C) groups is 1. The maximum absolute atomic E-state index is 5.56. The van der Waals surface area contributed by atoms with Gasteiger partial charge in [0, 0.05) is 5.69 Å². The van der Waals surface area contributed by atoms with Crippen molar-refractivity contribution in [1.82, 2.24) is 0 Å². The average Bonchev–Trinajstić information content (AvgIpc) is 2.53. The Morgan fingerprint density at radius 3 is 2.46 bits per heavy atom. The van der Waals surface area contributed by atoms with Gasteiger partial charge in [-0.3, -0.25) is 0 Å². The Kier molecular flexibility index (Phi) is 1.81. The molecule has 4 nitrogen and oxygen atoms in total. The van der Waals surface area contributed by atoms with Gasteiger partial charge in [0.1, 0.15) is 12.6 Å². The number of hydrogen-bond donors (Lipinski definition) is 2. The Morgan fingerprint density at radius 1 is 1.23 bits per heavy atom. The van der Waals surface area contributed by atoms with Crippen LogP contribution in [0.4, 0.5) is 5.69 Å². The second-order valence-corrected chi connectivity index (χ2v) is 2.96. The van der Waals surface area contributed by atoms with Gasteiger partial charge >= 0.3 is 0 Å². The van der Waals surface area contributed by atoms with E-state index >= 15 is 0 Å².